The number of fused-ring (bicyclic) bond motifs is 1. The Bertz CT molecular complexity index is 1650. The Morgan fingerprint density at radius 2 is 1.77 bits per heavy atom. The van der Waals surface area contributed by atoms with Gasteiger partial charge < -0.3 is 10.1 Å². The van der Waals surface area contributed by atoms with Crippen molar-refractivity contribution in [1.82, 2.24) is 5.01 Å². The number of aliphatic imine (C=N–C) groups is 1. The number of carbonyl (C=O) groups is 2. The number of rotatable bonds is 6. The molecule has 2 atom stereocenters. The van der Waals surface area contributed by atoms with Crippen LogP contribution in [0.1, 0.15) is 30.0 Å². The highest BCUT2D eigenvalue weighted by atomic mass is 35.5. The van der Waals surface area contributed by atoms with Gasteiger partial charge in [0, 0.05) is 23.6 Å². The summed E-state index contributed by atoms with van der Waals surface area (Å²) in [5.74, 6) is 0.158. The average molecular weight is 569 g/mol. The van der Waals surface area contributed by atoms with Crippen LogP contribution in [0.5, 0.6) is 5.75 Å². The maximum Gasteiger partial charge on any atom is 0.262 e. The van der Waals surface area contributed by atoms with E-state index in [0.717, 1.165) is 33.4 Å². The molecule has 2 heterocycles. The smallest absolute Gasteiger partial charge is 0.262 e. The number of carbonyl (C=O) groups excluding carboxylic acids is 2. The summed E-state index contributed by atoms with van der Waals surface area (Å²) >= 11 is 7.21. The van der Waals surface area contributed by atoms with Crippen LogP contribution in [-0.2, 0) is 9.59 Å². The number of amides is 2. The number of amidine groups is 1. The number of thioether (sulfide) groups is 1. The second-order valence-corrected chi connectivity index (χ2v) is 11.2. The Morgan fingerprint density at radius 3 is 2.52 bits per heavy atom. The van der Waals surface area contributed by atoms with Crippen molar-refractivity contribution < 1.29 is 14.3 Å². The van der Waals surface area contributed by atoms with Crippen LogP contribution in [0.2, 0.25) is 5.02 Å². The number of ether oxygens (including phenoxy) is 1. The first-order valence-corrected chi connectivity index (χ1v) is 14.1. The predicted molar refractivity (Wildman–Crippen MR) is 161 cm³/mol. The van der Waals surface area contributed by atoms with Crippen molar-refractivity contribution in [3.63, 3.8) is 0 Å². The summed E-state index contributed by atoms with van der Waals surface area (Å²) in [5.41, 5.74) is 3.58. The van der Waals surface area contributed by atoms with Gasteiger partial charge in [-0.2, -0.15) is 10.1 Å². The summed E-state index contributed by atoms with van der Waals surface area (Å²) in [6.07, 6.45) is 0.640. The molecule has 0 saturated heterocycles. The van der Waals surface area contributed by atoms with E-state index in [4.69, 9.17) is 21.4 Å². The molecular formula is C31H25ClN4O3S. The highest BCUT2D eigenvalue weighted by molar-refractivity contribution is 8.15. The van der Waals surface area contributed by atoms with Crippen LogP contribution >= 0.6 is 23.4 Å². The molecule has 4 aromatic carbocycles. The van der Waals surface area contributed by atoms with Gasteiger partial charge in [0.2, 0.25) is 5.91 Å². The molecule has 4 aromatic rings. The number of hydrazone groups is 1. The standard InChI is InChI=1S/C31H25ClN4O3S/c1-39-25-14-8-20(9-15-25)27-17-26(22-7-6-19-4-2-3-5-21(19)16-22)35-36(27)31-34-30(38)28(40-31)18-29(37)33-24-12-10-23(32)11-13-24/h2-16,27-28H,17-18H2,1H3,(H,33,37)/t27-,28+/m0/s1. The molecule has 0 fully saturated rings. The zero-order chi connectivity index (χ0) is 27.6. The first-order chi connectivity index (χ1) is 19.5. The van der Waals surface area contributed by atoms with Crippen molar-refractivity contribution in [1.29, 1.82) is 0 Å². The zero-order valence-electron chi connectivity index (χ0n) is 21.6. The topological polar surface area (TPSA) is 83.4 Å². The summed E-state index contributed by atoms with van der Waals surface area (Å²) in [4.78, 5) is 30.0. The molecule has 0 bridgehead atoms. The fourth-order valence-electron chi connectivity index (χ4n) is 4.83. The molecule has 0 aromatic heterocycles. The van der Waals surface area contributed by atoms with Gasteiger partial charge in [-0.1, -0.05) is 71.9 Å². The van der Waals surface area contributed by atoms with Crippen LogP contribution in [0.4, 0.5) is 5.69 Å². The number of nitrogens with one attached hydrogen (secondary N) is 1. The fraction of sp³-hybridized carbons (Fsp3) is 0.161. The quantitative estimate of drug-likeness (QED) is 0.280. The predicted octanol–water partition coefficient (Wildman–Crippen LogP) is 6.68. The van der Waals surface area contributed by atoms with Crippen LogP contribution in [-0.4, -0.2) is 40.1 Å². The maximum absolute atomic E-state index is 12.9. The lowest BCUT2D eigenvalue weighted by Gasteiger charge is -2.23. The Hall–Kier alpha value is -4.14. The molecule has 2 aliphatic rings. The molecular weight excluding hydrogens is 544 g/mol. The van der Waals surface area contributed by atoms with Crippen LogP contribution in [0.3, 0.4) is 0 Å². The molecule has 0 unspecified atom stereocenters. The number of hydrogen-bond donors (Lipinski definition) is 1. The summed E-state index contributed by atoms with van der Waals surface area (Å²) in [6, 6.07) is 29.1. The molecule has 0 spiro atoms. The van der Waals surface area contributed by atoms with E-state index in [2.05, 4.69) is 40.6 Å². The Labute approximate surface area is 240 Å². The van der Waals surface area contributed by atoms with Gasteiger partial charge in [-0.05, 0) is 64.4 Å². The minimum atomic E-state index is -0.626. The number of methoxy groups -OCH3 is 1. The molecule has 2 aliphatic heterocycles. The van der Waals surface area contributed by atoms with Gasteiger partial charge in [0.05, 0.1) is 18.9 Å². The van der Waals surface area contributed by atoms with E-state index in [1.54, 1.807) is 31.4 Å². The Morgan fingerprint density at radius 1 is 1.02 bits per heavy atom. The molecule has 0 aliphatic carbocycles. The highest BCUT2D eigenvalue weighted by Crippen LogP contribution is 2.39. The fourth-order valence-corrected chi connectivity index (χ4v) is 6.02. The molecule has 7 nitrogen and oxygen atoms in total. The first kappa shape index (κ1) is 26.1. The van der Waals surface area contributed by atoms with E-state index >= 15 is 0 Å². The van der Waals surface area contributed by atoms with Crippen molar-refractivity contribution in [2.45, 2.75) is 24.1 Å². The second-order valence-electron chi connectivity index (χ2n) is 9.54. The monoisotopic (exact) mass is 568 g/mol. The summed E-state index contributed by atoms with van der Waals surface area (Å²) < 4.78 is 5.34. The van der Waals surface area contributed by atoms with E-state index in [9.17, 15) is 9.59 Å². The lowest BCUT2D eigenvalue weighted by atomic mass is 9.97. The Kier molecular flexibility index (Phi) is 7.28. The largest absolute Gasteiger partial charge is 0.497 e. The minimum absolute atomic E-state index is 0.00140. The molecule has 6 rings (SSSR count). The van der Waals surface area contributed by atoms with Crippen LogP contribution in [0.15, 0.2) is 101 Å². The van der Waals surface area contributed by atoms with Gasteiger partial charge in [-0.25, -0.2) is 5.01 Å². The number of nitrogens with zero attached hydrogens (tertiary/aromatic N) is 3. The molecule has 2 amide bonds. The normalized spacial score (nSPS) is 18.6. The average Bonchev–Trinajstić information content (AvgIpc) is 3.58. The van der Waals surface area contributed by atoms with E-state index in [1.165, 1.54) is 11.8 Å². The van der Waals surface area contributed by atoms with Crippen LogP contribution < -0.4 is 10.1 Å². The van der Waals surface area contributed by atoms with E-state index in [0.29, 0.717) is 22.3 Å². The van der Waals surface area contributed by atoms with E-state index < -0.39 is 5.25 Å². The minimum Gasteiger partial charge on any atom is -0.497 e. The van der Waals surface area contributed by atoms with Gasteiger partial charge in [-0.15, -0.1) is 0 Å². The van der Waals surface area contributed by atoms with Crippen molar-refractivity contribution in [2.24, 2.45) is 10.1 Å². The van der Waals surface area contributed by atoms with Gasteiger partial charge in [0.1, 0.15) is 11.0 Å². The lowest BCUT2D eigenvalue weighted by Crippen LogP contribution is -2.25. The molecule has 0 radical (unpaired) electrons. The van der Waals surface area contributed by atoms with E-state index in [1.807, 2.05) is 41.4 Å². The van der Waals surface area contributed by atoms with Gasteiger partial charge in [0.25, 0.3) is 5.91 Å². The van der Waals surface area contributed by atoms with Gasteiger partial charge >= 0.3 is 0 Å². The molecule has 1 N–H and O–H groups in total. The molecule has 200 valence electrons. The lowest BCUT2D eigenvalue weighted by molar-refractivity contribution is -0.121. The van der Waals surface area contributed by atoms with Crippen molar-refractivity contribution in [2.75, 3.05) is 12.4 Å². The SMILES string of the molecule is COc1ccc([C@@H]2CC(c3ccc4ccccc4c3)=NN2C2=NC(=O)[C@@H](CC(=O)Nc3ccc(Cl)cc3)S2)cc1. The zero-order valence-corrected chi connectivity index (χ0v) is 23.2. The highest BCUT2D eigenvalue weighted by Gasteiger charge is 2.39. The van der Waals surface area contributed by atoms with Crippen LogP contribution in [0, 0.1) is 0 Å². The number of halogens is 1. The van der Waals surface area contributed by atoms with Gasteiger partial charge in [-0.3, -0.25) is 9.59 Å². The Balaban J connectivity index is 1.25. The van der Waals surface area contributed by atoms with E-state index in [-0.39, 0.29) is 24.3 Å². The summed E-state index contributed by atoms with van der Waals surface area (Å²) in [7, 11) is 1.64. The maximum atomic E-state index is 12.9. The van der Waals surface area contributed by atoms with Gasteiger partial charge in [0.15, 0.2) is 5.17 Å². The third kappa shape index (κ3) is 5.46. The third-order valence-corrected chi connectivity index (χ3v) is 8.31. The number of benzene rings is 4. The molecule has 9 heteroatoms. The van der Waals surface area contributed by atoms with Crippen molar-refractivity contribution >= 4 is 62.5 Å². The second kappa shape index (κ2) is 11.2. The number of anilines is 1. The number of hydrogen-bond acceptors (Lipinski definition) is 6. The third-order valence-electron chi connectivity index (χ3n) is 6.92. The first-order valence-electron chi connectivity index (χ1n) is 12.8. The molecule has 0 saturated carbocycles. The van der Waals surface area contributed by atoms with Crippen molar-refractivity contribution in [3.05, 3.63) is 107 Å². The summed E-state index contributed by atoms with van der Waals surface area (Å²) in [6.45, 7) is 0. The summed E-state index contributed by atoms with van der Waals surface area (Å²) in [5, 5.41) is 12.4. The van der Waals surface area contributed by atoms with Crippen LogP contribution in [0.25, 0.3) is 10.8 Å². The van der Waals surface area contributed by atoms with Crippen molar-refractivity contribution in [3.8, 4) is 5.75 Å². The molecule has 40 heavy (non-hydrogen) atoms.